The van der Waals surface area contributed by atoms with Crippen LogP contribution in [0.3, 0.4) is 0 Å². The van der Waals surface area contributed by atoms with Gasteiger partial charge in [-0.1, -0.05) is 12.1 Å². The molecule has 2 aromatic rings. The van der Waals surface area contributed by atoms with Crippen LogP contribution in [0.1, 0.15) is 12.5 Å². The number of amides is 2. The monoisotopic (exact) mass is 298 g/mol. The third-order valence-electron chi connectivity index (χ3n) is 3.80. The predicted molar refractivity (Wildman–Crippen MR) is 82.1 cm³/mol. The van der Waals surface area contributed by atoms with E-state index in [9.17, 15) is 9.59 Å². The topological polar surface area (TPSA) is 67.2 Å². The molecular formula is C16H18N4O2. The molecule has 2 amide bonds. The minimum absolute atomic E-state index is 0.0188. The highest BCUT2D eigenvalue weighted by Gasteiger charge is 2.33. The number of benzene rings is 1. The summed E-state index contributed by atoms with van der Waals surface area (Å²) in [6, 6.07) is 9.60. The smallest absolute Gasteiger partial charge is 0.231 e. The lowest BCUT2D eigenvalue weighted by molar-refractivity contribution is -0.139. The summed E-state index contributed by atoms with van der Waals surface area (Å²) in [5.41, 5.74) is 1.84. The average molecular weight is 298 g/mol. The summed E-state index contributed by atoms with van der Waals surface area (Å²) in [6.45, 7) is 3.20. The molecule has 0 saturated carbocycles. The maximum atomic E-state index is 12.1. The fraction of sp³-hybridized carbons (Fsp3) is 0.312. The molecule has 6 heteroatoms. The van der Waals surface area contributed by atoms with Gasteiger partial charge in [0.05, 0.1) is 12.5 Å². The molecule has 22 heavy (non-hydrogen) atoms. The highest BCUT2D eigenvalue weighted by molar-refractivity contribution is 5.94. The first-order chi connectivity index (χ1) is 10.6. The van der Waals surface area contributed by atoms with Gasteiger partial charge in [0.25, 0.3) is 0 Å². The molecule has 1 aliphatic rings. The predicted octanol–water partition coefficient (Wildman–Crippen LogP) is 1.35. The van der Waals surface area contributed by atoms with Crippen LogP contribution < -0.4 is 5.32 Å². The van der Waals surface area contributed by atoms with E-state index in [0.717, 1.165) is 11.3 Å². The Hall–Kier alpha value is -2.63. The minimum Gasteiger partial charge on any atom is -0.341 e. The Labute approximate surface area is 128 Å². The molecule has 0 radical (unpaired) electrons. The molecule has 1 saturated heterocycles. The maximum absolute atomic E-state index is 12.1. The lowest BCUT2D eigenvalue weighted by atomic mass is 9.99. The molecule has 1 N–H and O–H groups in total. The molecule has 1 aliphatic heterocycles. The average Bonchev–Trinajstić information content (AvgIpc) is 2.89. The van der Waals surface area contributed by atoms with Crippen LogP contribution in [0.4, 0.5) is 5.69 Å². The molecule has 3 rings (SSSR count). The van der Waals surface area contributed by atoms with E-state index >= 15 is 0 Å². The van der Waals surface area contributed by atoms with Crippen LogP contribution in [0.25, 0.3) is 0 Å². The van der Waals surface area contributed by atoms with Gasteiger partial charge in [-0.3, -0.25) is 14.3 Å². The third-order valence-corrected chi connectivity index (χ3v) is 3.80. The van der Waals surface area contributed by atoms with Crippen molar-refractivity contribution in [2.24, 2.45) is 5.92 Å². The zero-order chi connectivity index (χ0) is 15.5. The van der Waals surface area contributed by atoms with E-state index in [4.69, 9.17) is 0 Å². The Morgan fingerprint density at radius 2 is 2.14 bits per heavy atom. The zero-order valence-corrected chi connectivity index (χ0v) is 12.4. The molecule has 0 spiro atoms. The Morgan fingerprint density at radius 1 is 1.32 bits per heavy atom. The lowest BCUT2D eigenvalue weighted by Gasteiger charge is -2.37. The Kier molecular flexibility index (Phi) is 3.91. The van der Waals surface area contributed by atoms with Gasteiger partial charge in [0.2, 0.25) is 11.8 Å². The Morgan fingerprint density at radius 3 is 2.82 bits per heavy atom. The summed E-state index contributed by atoms with van der Waals surface area (Å²) in [4.78, 5) is 24.9. The van der Waals surface area contributed by atoms with Crippen LogP contribution in [-0.4, -0.2) is 39.6 Å². The van der Waals surface area contributed by atoms with Crippen LogP contribution in [0, 0.1) is 5.92 Å². The summed E-state index contributed by atoms with van der Waals surface area (Å²) in [5, 5.41) is 7.09. The van der Waals surface area contributed by atoms with E-state index in [0.29, 0.717) is 19.6 Å². The molecular weight excluding hydrogens is 280 g/mol. The van der Waals surface area contributed by atoms with Crippen molar-refractivity contribution >= 4 is 17.5 Å². The minimum atomic E-state index is -0.112. The second-order valence-electron chi connectivity index (χ2n) is 5.51. The largest absolute Gasteiger partial charge is 0.341 e. The van der Waals surface area contributed by atoms with Crippen molar-refractivity contribution in [3.63, 3.8) is 0 Å². The highest BCUT2D eigenvalue weighted by atomic mass is 16.2. The van der Waals surface area contributed by atoms with E-state index in [2.05, 4.69) is 10.4 Å². The molecule has 1 fully saturated rings. The van der Waals surface area contributed by atoms with Crippen LogP contribution in [-0.2, 0) is 16.1 Å². The second kappa shape index (κ2) is 6.01. The van der Waals surface area contributed by atoms with E-state index in [1.165, 1.54) is 6.92 Å². The van der Waals surface area contributed by atoms with Crippen LogP contribution >= 0.6 is 0 Å². The number of carbonyl (C=O) groups excluding carboxylic acids is 2. The molecule has 0 unspecified atom stereocenters. The van der Waals surface area contributed by atoms with Crippen molar-refractivity contribution in [1.82, 2.24) is 14.7 Å². The van der Waals surface area contributed by atoms with Crippen molar-refractivity contribution < 1.29 is 9.59 Å². The fourth-order valence-electron chi connectivity index (χ4n) is 2.47. The molecule has 0 aliphatic carbocycles. The summed E-state index contributed by atoms with van der Waals surface area (Å²) in [6.07, 6.45) is 3.64. The van der Waals surface area contributed by atoms with Gasteiger partial charge in [0, 0.05) is 38.1 Å². The molecule has 1 aromatic heterocycles. The van der Waals surface area contributed by atoms with E-state index in [1.54, 1.807) is 11.1 Å². The maximum Gasteiger partial charge on any atom is 0.231 e. The van der Waals surface area contributed by atoms with Crippen LogP contribution in [0.2, 0.25) is 0 Å². The summed E-state index contributed by atoms with van der Waals surface area (Å²) >= 11 is 0. The number of likely N-dealkylation sites (tertiary alicyclic amines) is 1. The van der Waals surface area contributed by atoms with Crippen LogP contribution in [0.15, 0.2) is 42.7 Å². The Bertz CT molecular complexity index is 675. The standard InChI is InChI=1S/C16H18N4O2/c1-12(21)19-10-14(11-19)16(22)18-15-5-2-4-13(8-15)9-20-7-3-6-17-20/h2-8,14H,9-11H2,1H3,(H,18,22). The number of rotatable bonds is 4. The van der Waals surface area contributed by atoms with Gasteiger partial charge in [-0.15, -0.1) is 0 Å². The van der Waals surface area contributed by atoms with Gasteiger partial charge < -0.3 is 10.2 Å². The van der Waals surface area contributed by atoms with E-state index < -0.39 is 0 Å². The number of anilines is 1. The van der Waals surface area contributed by atoms with Crippen molar-refractivity contribution in [1.29, 1.82) is 0 Å². The zero-order valence-electron chi connectivity index (χ0n) is 12.4. The fourth-order valence-corrected chi connectivity index (χ4v) is 2.47. The normalized spacial score (nSPS) is 14.5. The number of nitrogens with one attached hydrogen (secondary N) is 1. The number of hydrogen-bond donors (Lipinski definition) is 1. The number of aromatic nitrogens is 2. The molecule has 6 nitrogen and oxygen atoms in total. The first kappa shape index (κ1) is 14.3. The number of carbonyl (C=O) groups is 2. The molecule has 1 aromatic carbocycles. The van der Waals surface area contributed by atoms with Gasteiger partial charge in [-0.2, -0.15) is 5.10 Å². The first-order valence-corrected chi connectivity index (χ1v) is 7.24. The molecule has 114 valence electrons. The second-order valence-corrected chi connectivity index (χ2v) is 5.51. The van der Waals surface area contributed by atoms with Crippen molar-refractivity contribution in [2.45, 2.75) is 13.5 Å². The molecule has 2 heterocycles. The van der Waals surface area contributed by atoms with Crippen molar-refractivity contribution in [2.75, 3.05) is 18.4 Å². The van der Waals surface area contributed by atoms with Crippen LogP contribution in [0.5, 0.6) is 0 Å². The quantitative estimate of drug-likeness (QED) is 0.926. The summed E-state index contributed by atoms with van der Waals surface area (Å²) < 4.78 is 1.83. The number of hydrogen-bond acceptors (Lipinski definition) is 3. The molecule has 0 bridgehead atoms. The van der Waals surface area contributed by atoms with E-state index in [-0.39, 0.29) is 17.7 Å². The molecule has 0 atom stereocenters. The highest BCUT2D eigenvalue weighted by Crippen LogP contribution is 2.19. The lowest BCUT2D eigenvalue weighted by Crippen LogP contribution is -2.53. The van der Waals surface area contributed by atoms with Gasteiger partial charge in [-0.05, 0) is 23.8 Å². The van der Waals surface area contributed by atoms with Gasteiger partial charge >= 0.3 is 0 Å². The summed E-state index contributed by atoms with van der Waals surface area (Å²) in [5.74, 6) is -0.127. The van der Waals surface area contributed by atoms with Gasteiger partial charge in [-0.25, -0.2) is 0 Å². The van der Waals surface area contributed by atoms with E-state index in [1.807, 2.05) is 41.2 Å². The van der Waals surface area contributed by atoms with Gasteiger partial charge in [0.1, 0.15) is 0 Å². The first-order valence-electron chi connectivity index (χ1n) is 7.24. The number of nitrogens with zero attached hydrogens (tertiary/aromatic N) is 3. The van der Waals surface area contributed by atoms with Crippen molar-refractivity contribution in [3.05, 3.63) is 48.3 Å². The summed E-state index contributed by atoms with van der Waals surface area (Å²) in [7, 11) is 0. The Balaban J connectivity index is 1.59. The van der Waals surface area contributed by atoms with Gasteiger partial charge in [0.15, 0.2) is 0 Å². The van der Waals surface area contributed by atoms with Crippen molar-refractivity contribution in [3.8, 4) is 0 Å². The third kappa shape index (κ3) is 3.16. The SMILES string of the molecule is CC(=O)N1CC(C(=O)Nc2cccc(Cn3cccn3)c2)C1.